The van der Waals surface area contributed by atoms with Gasteiger partial charge in [0.25, 0.3) is 0 Å². The van der Waals surface area contributed by atoms with Crippen molar-refractivity contribution < 1.29 is 21.6 Å². The summed E-state index contributed by atoms with van der Waals surface area (Å²) in [6.07, 6.45) is 0.749. The molecule has 3 aliphatic rings. The zero-order valence-corrected chi connectivity index (χ0v) is 16.7. The summed E-state index contributed by atoms with van der Waals surface area (Å²) in [6.45, 7) is 2.49. The van der Waals surface area contributed by atoms with Crippen molar-refractivity contribution in [2.24, 2.45) is 11.3 Å². The summed E-state index contributed by atoms with van der Waals surface area (Å²) >= 11 is 0. The SMILES string of the molecule is COC1c2ccccc2CCC1S(=O)(=O)N1C[C@@H]2CS(=O)(=O)C[C@]2(C)C1. The predicted molar refractivity (Wildman–Crippen MR) is 99.0 cm³/mol. The minimum Gasteiger partial charge on any atom is -0.375 e. The average molecular weight is 400 g/mol. The molecule has 4 atom stereocenters. The first-order valence-electron chi connectivity index (χ1n) is 8.96. The lowest BCUT2D eigenvalue weighted by atomic mass is 9.84. The Labute approximate surface area is 155 Å². The van der Waals surface area contributed by atoms with E-state index >= 15 is 0 Å². The van der Waals surface area contributed by atoms with Gasteiger partial charge in [0, 0.05) is 25.6 Å². The molecule has 1 aliphatic carbocycles. The van der Waals surface area contributed by atoms with E-state index < -0.39 is 36.6 Å². The molecular weight excluding hydrogens is 374 g/mol. The van der Waals surface area contributed by atoms with Gasteiger partial charge >= 0.3 is 0 Å². The van der Waals surface area contributed by atoms with Gasteiger partial charge in [-0.2, -0.15) is 0 Å². The summed E-state index contributed by atoms with van der Waals surface area (Å²) in [5.74, 6) is 0.0633. The van der Waals surface area contributed by atoms with Crippen LogP contribution in [-0.2, 0) is 31.0 Å². The maximum Gasteiger partial charge on any atom is 0.219 e. The molecule has 2 aliphatic heterocycles. The molecule has 26 heavy (non-hydrogen) atoms. The number of methoxy groups -OCH3 is 1. The van der Waals surface area contributed by atoms with Gasteiger partial charge in [-0.3, -0.25) is 0 Å². The summed E-state index contributed by atoms with van der Waals surface area (Å²) in [6, 6.07) is 7.84. The molecule has 2 saturated heterocycles. The lowest BCUT2D eigenvalue weighted by molar-refractivity contribution is 0.0891. The highest BCUT2D eigenvalue weighted by Gasteiger charge is 2.56. The Balaban J connectivity index is 1.62. The maximum absolute atomic E-state index is 13.4. The zero-order valence-electron chi connectivity index (χ0n) is 15.1. The monoisotopic (exact) mass is 399 g/mol. The lowest BCUT2D eigenvalue weighted by Gasteiger charge is -2.35. The zero-order chi connectivity index (χ0) is 18.7. The quantitative estimate of drug-likeness (QED) is 0.767. The van der Waals surface area contributed by atoms with Crippen LogP contribution in [-0.4, -0.2) is 58.1 Å². The molecule has 2 heterocycles. The van der Waals surface area contributed by atoms with Crippen LogP contribution in [0.2, 0.25) is 0 Å². The third-order valence-electron chi connectivity index (χ3n) is 6.35. The van der Waals surface area contributed by atoms with Crippen LogP contribution in [0.15, 0.2) is 24.3 Å². The number of benzene rings is 1. The van der Waals surface area contributed by atoms with Crippen LogP contribution in [0.1, 0.15) is 30.6 Å². The van der Waals surface area contributed by atoms with Crippen LogP contribution >= 0.6 is 0 Å². The number of sulfonamides is 1. The van der Waals surface area contributed by atoms with Crippen molar-refractivity contribution >= 4 is 19.9 Å². The molecule has 0 bridgehead atoms. The van der Waals surface area contributed by atoms with Crippen LogP contribution in [0.3, 0.4) is 0 Å². The van der Waals surface area contributed by atoms with E-state index in [1.165, 1.54) is 4.31 Å². The van der Waals surface area contributed by atoms with Crippen molar-refractivity contribution in [2.75, 3.05) is 31.7 Å². The Morgan fingerprint density at radius 2 is 2.00 bits per heavy atom. The van der Waals surface area contributed by atoms with E-state index in [9.17, 15) is 16.8 Å². The van der Waals surface area contributed by atoms with Gasteiger partial charge in [0.15, 0.2) is 9.84 Å². The predicted octanol–water partition coefficient (Wildman–Crippen LogP) is 1.39. The summed E-state index contributed by atoms with van der Waals surface area (Å²) in [7, 11) is -5.07. The van der Waals surface area contributed by atoms with Crippen LogP contribution in [0.25, 0.3) is 0 Å². The van der Waals surface area contributed by atoms with Gasteiger partial charge in [-0.15, -0.1) is 0 Å². The van der Waals surface area contributed by atoms with E-state index in [0.717, 1.165) is 11.1 Å². The molecule has 0 saturated carbocycles. The fraction of sp³-hybridized carbons (Fsp3) is 0.667. The highest BCUT2D eigenvalue weighted by molar-refractivity contribution is 7.91. The molecule has 0 N–H and O–H groups in total. The standard InChI is InChI=1S/C18H25NO5S2/c1-18-11-19(9-14(18)10-25(20,21)12-18)26(22,23)16-8-7-13-5-3-4-6-15(13)17(16)24-2/h3-6,14,16-17H,7-12H2,1-2H3/t14-,16?,17?,18+/m1/s1. The molecule has 0 aromatic heterocycles. The van der Waals surface area contributed by atoms with E-state index in [1.807, 2.05) is 31.2 Å². The molecule has 144 valence electrons. The van der Waals surface area contributed by atoms with Crippen LogP contribution < -0.4 is 0 Å². The van der Waals surface area contributed by atoms with Crippen LogP contribution in [0.4, 0.5) is 0 Å². The second kappa shape index (κ2) is 6.02. The fourth-order valence-corrected chi connectivity index (χ4v) is 9.81. The van der Waals surface area contributed by atoms with E-state index in [2.05, 4.69) is 0 Å². The first-order valence-corrected chi connectivity index (χ1v) is 12.3. The summed E-state index contributed by atoms with van der Waals surface area (Å²) in [5.41, 5.74) is 1.62. The Morgan fingerprint density at radius 1 is 1.27 bits per heavy atom. The second-order valence-electron chi connectivity index (χ2n) is 8.18. The molecule has 0 amide bonds. The number of rotatable bonds is 3. The van der Waals surface area contributed by atoms with E-state index in [1.54, 1.807) is 7.11 Å². The highest BCUT2D eigenvalue weighted by atomic mass is 32.2. The number of hydrogen-bond donors (Lipinski definition) is 0. The van der Waals surface area contributed by atoms with Crippen molar-refractivity contribution in [2.45, 2.75) is 31.1 Å². The van der Waals surface area contributed by atoms with Gasteiger partial charge in [0.2, 0.25) is 10.0 Å². The van der Waals surface area contributed by atoms with Gasteiger partial charge in [-0.05, 0) is 29.9 Å². The van der Waals surface area contributed by atoms with Gasteiger partial charge < -0.3 is 4.74 Å². The Bertz CT molecular complexity index is 927. The Kier molecular flexibility index (Phi) is 4.26. The van der Waals surface area contributed by atoms with E-state index in [4.69, 9.17) is 4.74 Å². The van der Waals surface area contributed by atoms with Gasteiger partial charge in [0.1, 0.15) is 11.4 Å². The number of sulfone groups is 1. The van der Waals surface area contributed by atoms with E-state index in [0.29, 0.717) is 19.4 Å². The summed E-state index contributed by atoms with van der Waals surface area (Å²) in [4.78, 5) is 0. The lowest BCUT2D eigenvalue weighted by Crippen LogP contribution is -2.44. The van der Waals surface area contributed by atoms with Crippen molar-refractivity contribution in [3.63, 3.8) is 0 Å². The van der Waals surface area contributed by atoms with Gasteiger partial charge in [-0.25, -0.2) is 21.1 Å². The molecule has 0 spiro atoms. The first-order chi connectivity index (χ1) is 12.2. The molecular formula is C18H25NO5S2. The average Bonchev–Trinajstić information content (AvgIpc) is 3.00. The molecule has 2 unspecified atom stereocenters. The number of hydrogen-bond acceptors (Lipinski definition) is 5. The van der Waals surface area contributed by atoms with Crippen LogP contribution in [0, 0.1) is 11.3 Å². The maximum atomic E-state index is 13.4. The Hall–Kier alpha value is -0.960. The number of aryl methyl sites for hydroxylation is 1. The Morgan fingerprint density at radius 3 is 2.69 bits per heavy atom. The molecule has 4 rings (SSSR count). The van der Waals surface area contributed by atoms with Crippen molar-refractivity contribution in [1.29, 1.82) is 0 Å². The number of ether oxygens (including phenoxy) is 1. The second-order valence-corrected chi connectivity index (χ2v) is 12.4. The first kappa shape index (κ1) is 18.4. The third-order valence-corrected chi connectivity index (χ3v) is 10.6. The number of nitrogens with zero attached hydrogens (tertiary/aromatic N) is 1. The number of fused-ring (bicyclic) bond motifs is 2. The highest BCUT2D eigenvalue weighted by Crippen LogP contribution is 2.46. The van der Waals surface area contributed by atoms with Crippen molar-refractivity contribution in [3.8, 4) is 0 Å². The van der Waals surface area contributed by atoms with E-state index in [-0.39, 0.29) is 24.0 Å². The molecule has 8 heteroatoms. The van der Waals surface area contributed by atoms with Crippen LogP contribution in [0.5, 0.6) is 0 Å². The third kappa shape index (κ3) is 2.82. The van der Waals surface area contributed by atoms with Crippen molar-refractivity contribution in [3.05, 3.63) is 35.4 Å². The topological polar surface area (TPSA) is 80.8 Å². The van der Waals surface area contributed by atoms with Gasteiger partial charge in [0.05, 0.1) is 11.5 Å². The van der Waals surface area contributed by atoms with Crippen molar-refractivity contribution in [1.82, 2.24) is 4.31 Å². The summed E-state index contributed by atoms with van der Waals surface area (Å²) in [5, 5.41) is -0.624. The normalized spacial score (nSPS) is 36.6. The fourth-order valence-electron chi connectivity index (χ4n) is 5.01. The smallest absolute Gasteiger partial charge is 0.219 e. The molecule has 6 nitrogen and oxygen atoms in total. The molecule has 0 radical (unpaired) electrons. The minimum atomic E-state index is -3.57. The molecule has 1 aromatic rings. The molecule has 2 fully saturated rings. The molecule has 1 aromatic carbocycles. The van der Waals surface area contributed by atoms with Gasteiger partial charge in [-0.1, -0.05) is 31.2 Å². The minimum absolute atomic E-state index is 0.0812. The summed E-state index contributed by atoms with van der Waals surface area (Å²) < 4.78 is 57.9. The largest absolute Gasteiger partial charge is 0.375 e.